The monoisotopic (exact) mass is 238 g/mol. The summed E-state index contributed by atoms with van der Waals surface area (Å²) in [7, 11) is 0. The first-order valence-corrected chi connectivity index (χ1v) is 5.79. The van der Waals surface area contributed by atoms with Gasteiger partial charge in [0.25, 0.3) is 0 Å². The van der Waals surface area contributed by atoms with Crippen molar-refractivity contribution >= 4 is 5.69 Å². The summed E-state index contributed by atoms with van der Waals surface area (Å²) in [6, 6.07) is 7.26. The molecule has 0 aliphatic carbocycles. The Bertz CT molecular complexity index is 348. The largest absolute Gasteiger partial charge is 0.489 e. The minimum absolute atomic E-state index is 0.00719. The summed E-state index contributed by atoms with van der Waals surface area (Å²) in [4.78, 5) is 0. The standard InChI is InChI=1S/C13H22N2O2/c1-13(2,3)15-8-10(16)9-17-12-7-5-4-6-11(12)14/h4-7,10,15-16H,8-9,14H2,1-3H3. The molecule has 1 rings (SSSR count). The molecule has 0 fully saturated rings. The van der Waals surface area contributed by atoms with Crippen molar-refractivity contribution in [1.82, 2.24) is 5.32 Å². The van der Waals surface area contributed by atoms with Crippen LogP contribution in [0.2, 0.25) is 0 Å². The number of nitrogens with two attached hydrogens (primary N) is 1. The van der Waals surface area contributed by atoms with Crippen molar-refractivity contribution in [3.63, 3.8) is 0 Å². The molecule has 1 aromatic carbocycles. The number of hydrogen-bond acceptors (Lipinski definition) is 4. The molecule has 4 nitrogen and oxygen atoms in total. The molecule has 1 aromatic rings. The van der Waals surface area contributed by atoms with E-state index in [-0.39, 0.29) is 12.1 Å². The number of anilines is 1. The number of rotatable bonds is 5. The Hall–Kier alpha value is -1.26. The van der Waals surface area contributed by atoms with E-state index < -0.39 is 6.10 Å². The maximum absolute atomic E-state index is 9.74. The average molecular weight is 238 g/mol. The molecule has 0 heterocycles. The fraction of sp³-hybridized carbons (Fsp3) is 0.538. The Kier molecular flexibility index (Phi) is 4.78. The molecular formula is C13H22N2O2. The van der Waals surface area contributed by atoms with Crippen LogP contribution < -0.4 is 15.8 Å². The van der Waals surface area contributed by atoms with Crippen LogP contribution in [-0.2, 0) is 0 Å². The highest BCUT2D eigenvalue weighted by atomic mass is 16.5. The van der Waals surface area contributed by atoms with Gasteiger partial charge < -0.3 is 20.9 Å². The molecule has 0 aliphatic heterocycles. The number of para-hydroxylation sites is 2. The fourth-order valence-corrected chi connectivity index (χ4v) is 1.28. The number of β-amino-alcohol motifs (C(OH)–C–C–N with tert-alkyl or cyclic N) is 1. The highest BCUT2D eigenvalue weighted by Gasteiger charge is 2.12. The Morgan fingerprint density at radius 2 is 2.00 bits per heavy atom. The lowest BCUT2D eigenvalue weighted by molar-refractivity contribution is 0.100. The van der Waals surface area contributed by atoms with Crippen LogP contribution in [0.15, 0.2) is 24.3 Å². The normalized spacial score (nSPS) is 13.4. The quantitative estimate of drug-likeness (QED) is 0.678. The molecule has 1 unspecified atom stereocenters. The number of hydrogen-bond donors (Lipinski definition) is 3. The van der Waals surface area contributed by atoms with Crippen molar-refractivity contribution in [2.75, 3.05) is 18.9 Å². The number of ether oxygens (including phenoxy) is 1. The van der Waals surface area contributed by atoms with Crippen molar-refractivity contribution in [3.05, 3.63) is 24.3 Å². The number of benzene rings is 1. The second-order valence-corrected chi connectivity index (χ2v) is 5.13. The van der Waals surface area contributed by atoms with Gasteiger partial charge in [0.1, 0.15) is 18.5 Å². The molecule has 1 atom stereocenters. The number of aliphatic hydroxyl groups is 1. The molecule has 0 amide bonds. The Morgan fingerprint density at radius 1 is 1.35 bits per heavy atom. The lowest BCUT2D eigenvalue weighted by Crippen LogP contribution is -2.42. The molecule has 96 valence electrons. The minimum Gasteiger partial charge on any atom is -0.489 e. The molecule has 0 aromatic heterocycles. The first kappa shape index (κ1) is 13.8. The van der Waals surface area contributed by atoms with E-state index in [0.29, 0.717) is 18.0 Å². The van der Waals surface area contributed by atoms with Gasteiger partial charge in [-0.2, -0.15) is 0 Å². The predicted molar refractivity (Wildman–Crippen MR) is 70.1 cm³/mol. The number of nitrogens with one attached hydrogen (secondary N) is 1. The van der Waals surface area contributed by atoms with E-state index in [0.717, 1.165) is 0 Å². The summed E-state index contributed by atoms with van der Waals surface area (Å²) in [5.74, 6) is 0.613. The van der Waals surface area contributed by atoms with E-state index in [1.807, 2.05) is 12.1 Å². The van der Waals surface area contributed by atoms with Crippen molar-refractivity contribution in [2.24, 2.45) is 0 Å². The van der Waals surface area contributed by atoms with Crippen molar-refractivity contribution in [3.8, 4) is 5.75 Å². The molecule has 17 heavy (non-hydrogen) atoms. The number of aliphatic hydroxyl groups excluding tert-OH is 1. The van der Waals surface area contributed by atoms with Crippen LogP contribution >= 0.6 is 0 Å². The van der Waals surface area contributed by atoms with Gasteiger partial charge in [-0.05, 0) is 32.9 Å². The second kappa shape index (κ2) is 5.89. The smallest absolute Gasteiger partial charge is 0.142 e. The van der Waals surface area contributed by atoms with Gasteiger partial charge in [-0.3, -0.25) is 0 Å². The molecule has 0 bridgehead atoms. The molecule has 0 radical (unpaired) electrons. The summed E-state index contributed by atoms with van der Waals surface area (Å²) < 4.78 is 5.45. The summed E-state index contributed by atoms with van der Waals surface area (Å²) in [6.07, 6.45) is -0.547. The zero-order valence-electron chi connectivity index (χ0n) is 10.7. The van der Waals surface area contributed by atoms with Gasteiger partial charge in [0.2, 0.25) is 0 Å². The lowest BCUT2D eigenvalue weighted by atomic mass is 10.1. The third kappa shape index (κ3) is 5.56. The third-order valence-electron chi connectivity index (χ3n) is 2.22. The molecule has 4 N–H and O–H groups in total. The first-order valence-electron chi connectivity index (χ1n) is 5.79. The molecular weight excluding hydrogens is 216 g/mol. The lowest BCUT2D eigenvalue weighted by Gasteiger charge is -2.23. The molecule has 4 heteroatoms. The minimum atomic E-state index is -0.547. The molecule has 0 saturated carbocycles. The second-order valence-electron chi connectivity index (χ2n) is 5.13. The Morgan fingerprint density at radius 3 is 2.59 bits per heavy atom. The van der Waals surface area contributed by atoms with Crippen LogP contribution in [0.5, 0.6) is 5.75 Å². The topological polar surface area (TPSA) is 67.5 Å². The van der Waals surface area contributed by atoms with Gasteiger partial charge in [-0.1, -0.05) is 12.1 Å². The third-order valence-corrected chi connectivity index (χ3v) is 2.22. The maximum Gasteiger partial charge on any atom is 0.142 e. The predicted octanol–water partition coefficient (Wildman–Crippen LogP) is 1.40. The van der Waals surface area contributed by atoms with E-state index in [4.69, 9.17) is 10.5 Å². The van der Waals surface area contributed by atoms with Crippen LogP contribution in [-0.4, -0.2) is 29.9 Å². The Balaban J connectivity index is 2.34. The van der Waals surface area contributed by atoms with E-state index >= 15 is 0 Å². The van der Waals surface area contributed by atoms with E-state index in [2.05, 4.69) is 26.1 Å². The van der Waals surface area contributed by atoms with E-state index in [1.165, 1.54) is 0 Å². The van der Waals surface area contributed by atoms with E-state index in [1.54, 1.807) is 12.1 Å². The highest BCUT2D eigenvalue weighted by Crippen LogP contribution is 2.19. The Labute approximate surface area is 103 Å². The van der Waals surface area contributed by atoms with Crippen LogP contribution in [0, 0.1) is 0 Å². The summed E-state index contributed by atoms with van der Waals surface area (Å²) in [6.45, 7) is 6.88. The molecule has 0 aliphatic rings. The van der Waals surface area contributed by atoms with Gasteiger partial charge in [0, 0.05) is 12.1 Å². The summed E-state index contributed by atoms with van der Waals surface area (Å²) >= 11 is 0. The summed E-state index contributed by atoms with van der Waals surface area (Å²) in [5.41, 5.74) is 6.31. The van der Waals surface area contributed by atoms with Gasteiger partial charge in [-0.25, -0.2) is 0 Å². The average Bonchev–Trinajstić information content (AvgIpc) is 2.24. The van der Waals surface area contributed by atoms with Gasteiger partial charge in [0.05, 0.1) is 5.69 Å². The highest BCUT2D eigenvalue weighted by molar-refractivity contribution is 5.51. The van der Waals surface area contributed by atoms with Crippen LogP contribution in [0.4, 0.5) is 5.69 Å². The van der Waals surface area contributed by atoms with Gasteiger partial charge in [-0.15, -0.1) is 0 Å². The van der Waals surface area contributed by atoms with Crippen LogP contribution in [0.25, 0.3) is 0 Å². The van der Waals surface area contributed by atoms with Crippen LogP contribution in [0.3, 0.4) is 0 Å². The van der Waals surface area contributed by atoms with Crippen molar-refractivity contribution < 1.29 is 9.84 Å². The molecule has 0 saturated heterocycles. The zero-order chi connectivity index (χ0) is 12.9. The SMILES string of the molecule is CC(C)(C)NCC(O)COc1ccccc1N. The van der Waals surface area contributed by atoms with E-state index in [9.17, 15) is 5.11 Å². The fourth-order valence-electron chi connectivity index (χ4n) is 1.28. The van der Waals surface area contributed by atoms with Gasteiger partial charge in [0.15, 0.2) is 0 Å². The van der Waals surface area contributed by atoms with Crippen molar-refractivity contribution in [1.29, 1.82) is 0 Å². The summed E-state index contributed by atoms with van der Waals surface area (Å²) in [5, 5.41) is 12.9. The first-order chi connectivity index (χ1) is 7.88. The maximum atomic E-state index is 9.74. The van der Waals surface area contributed by atoms with Crippen molar-refractivity contribution in [2.45, 2.75) is 32.4 Å². The van der Waals surface area contributed by atoms with Gasteiger partial charge >= 0.3 is 0 Å². The zero-order valence-corrected chi connectivity index (χ0v) is 10.7. The van der Waals surface area contributed by atoms with Crippen LogP contribution in [0.1, 0.15) is 20.8 Å². The molecule has 0 spiro atoms. The number of nitrogen functional groups attached to an aromatic ring is 1.